The highest BCUT2D eigenvalue weighted by Crippen LogP contribution is 2.26. The summed E-state index contributed by atoms with van der Waals surface area (Å²) < 4.78 is 13.6. The lowest BCUT2D eigenvalue weighted by molar-refractivity contribution is 0.0953. The molecule has 0 aliphatic heterocycles. The van der Waals surface area contributed by atoms with Crippen molar-refractivity contribution in [2.45, 2.75) is 32.2 Å². The van der Waals surface area contributed by atoms with Crippen molar-refractivity contribution in [1.29, 1.82) is 0 Å². The Morgan fingerprint density at radius 3 is 2.44 bits per heavy atom. The standard InChI is InChI=1S/C28H31N3O3/c1-33-25-16-7-8-17-26(25)34-21-10-9-20-31-24-15-6-5-14-23(24)30-27(31)18-11-19-29-28(32)22-12-3-2-4-13-22/h2-8,12-17H,9-11,18-21H2,1H3,(H,29,32). The topological polar surface area (TPSA) is 65.4 Å². The fourth-order valence-corrected chi connectivity index (χ4v) is 4.00. The van der Waals surface area contributed by atoms with Crippen LogP contribution in [0.5, 0.6) is 11.5 Å². The molecule has 6 nitrogen and oxygen atoms in total. The van der Waals surface area contributed by atoms with Gasteiger partial charge in [-0.25, -0.2) is 4.98 Å². The largest absolute Gasteiger partial charge is 0.493 e. The number of amides is 1. The van der Waals surface area contributed by atoms with Gasteiger partial charge in [0.1, 0.15) is 5.82 Å². The molecule has 0 aliphatic carbocycles. The number of benzene rings is 3. The summed E-state index contributed by atoms with van der Waals surface area (Å²) in [7, 11) is 1.65. The van der Waals surface area contributed by atoms with Gasteiger partial charge in [0.2, 0.25) is 0 Å². The molecule has 3 aromatic carbocycles. The minimum atomic E-state index is -0.0378. The van der Waals surface area contributed by atoms with Crippen LogP contribution in [0.4, 0.5) is 0 Å². The van der Waals surface area contributed by atoms with Gasteiger partial charge in [-0.1, -0.05) is 42.5 Å². The van der Waals surface area contributed by atoms with Crippen LogP contribution in [0.25, 0.3) is 11.0 Å². The zero-order valence-corrected chi connectivity index (χ0v) is 19.6. The lowest BCUT2D eigenvalue weighted by Gasteiger charge is -2.12. The molecular weight excluding hydrogens is 426 g/mol. The van der Waals surface area contributed by atoms with Gasteiger partial charge in [0.25, 0.3) is 5.91 Å². The fraction of sp³-hybridized carbons (Fsp3) is 0.286. The molecule has 4 rings (SSSR count). The Morgan fingerprint density at radius 2 is 1.62 bits per heavy atom. The first-order chi connectivity index (χ1) is 16.8. The number of hydrogen-bond acceptors (Lipinski definition) is 4. The highest BCUT2D eigenvalue weighted by Gasteiger charge is 2.11. The second-order valence-corrected chi connectivity index (χ2v) is 8.10. The summed E-state index contributed by atoms with van der Waals surface area (Å²) in [5, 5.41) is 3.00. The SMILES string of the molecule is COc1ccccc1OCCCCn1c(CCCNC(=O)c2ccccc2)nc2ccccc21. The van der Waals surface area contributed by atoms with Crippen LogP contribution in [0.2, 0.25) is 0 Å². The van der Waals surface area contributed by atoms with E-state index in [2.05, 4.69) is 28.1 Å². The molecule has 0 fully saturated rings. The summed E-state index contributed by atoms with van der Waals surface area (Å²) >= 11 is 0. The quantitative estimate of drug-likeness (QED) is 0.295. The maximum Gasteiger partial charge on any atom is 0.251 e. The van der Waals surface area contributed by atoms with Crippen LogP contribution in [-0.2, 0) is 13.0 Å². The second-order valence-electron chi connectivity index (χ2n) is 8.10. The van der Waals surface area contributed by atoms with Crippen molar-refractivity contribution >= 4 is 16.9 Å². The molecule has 0 spiro atoms. The van der Waals surface area contributed by atoms with Gasteiger partial charge in [0.05, 0.1) is 24.8 Å². The number of aryl methyl sites for hydroxylation is 2. The zero-order valence-electron chi connectivity index (χ0n) is 19.6. The summed E-state index contributed by atoms with van der Waals surface area (Å²) in [6, 6.07) is 25.3. The van der Waals surface area contributed by atoms with Gasteiger partial charge in [0.15, 0.2) is 11.5 Å². The van der Waals surface area contributed by atoms with E-state index in [-0.39, 0.29) is 5.91 Å². The lowest BCUT2D eigenvalue weighted by Crippen LogP contribution is -2.24. The van der Waals surface area contributed by atoms with Crippen molar-refractivity contribution in [1.82, 2.24) is 14.9 Å². The third-order valence-corrected chi connectivity index (χ3v) is 5.73. The summed E-state index contributed by atoms with van der Waals surface area (Å²) in [4.78, 5) is 17.1. The number of aromatic nitrogens is 2. The molecule has 1 N–H and O–H groups in total. The van der Waals surface area contributed by atoms with Gasteiger partial charge < -0.3 is 19.4 Å². The molecule has 0 saturated carbocycles. The van der Waals surface area contributed by atoms with E-state index in [1.807, 2.05) is 60.7 Å². The summed E-state index contributed by atoms with van der Waals surface area (Å²) in [6.45, 7) is 2.12. The van der Waals surface area contributed by atoms with Gasteiger partial charge in [-0.2, -0.15) is 0 Å². The number of ether oxygens (including phenoxy) is 2. The van der Waals surface area contributed by atoms with Crippen molar-refractivity contribution in [3.63, 3.8) is 0 Å². The van der Waals surface area contributed by atoms with Gasteiger partial charge in [-0.05, 0) is 55.7 Å². The zero-order chi connectivity index (χ0) is 23.6. The monoisotopic (exact) mass is 457 g/mol. The average Bonchev–Trinajstić information content (AvgIpc) is 3.24. The first kappa shape index (κ1) is 23.4. The molecule has 1 heterocycles. The third-order valence-electron chi connectivity index (χ3n) is 5.73. The lowest BCUT2D eigenvalue weighted by atomic mass is 10.2. The predicted octanol–water partition coefficient (Wildman–Crippen LogP) is 5.27. The molecule has 0 radical (unpaired) electrons. The summed E-state index contributed by atoms with van der Waals surface area (Å²) in [6.07, 6.45) is 3.55. The number of carbonyl (C=O) groups is 1. The Kier molecular flexibility index (Phi) is 8.17. The van der Waals surface area contributed by atoms with E-state index < -0.39 is 0 Å². The predicted molar refractivity (Wildman–Crippen MR) is 135 cm³/mol. The van der Waals surface area contributed by atoms with Crippen LogP contribution >= 0.6 is 0 Å². The summed E-state index contributed by atoms with van der Waals surface area (Å²) in [5.74, 6) is 2.55. The number of methoxy groups -OCH3 is 1. The Hall–Kier alpha value is -3.80. The maximum atomic E-state index is 12.3. The van der Waals surface area contributed by atoms with E-state index >= 15 is 0 Å². The highest BCUT2D eigenvalue weighted by molar-refractivity contribution is 5.94. The highest BCUT2D eigenvalue weighted by atomic mass is 16.5. The number of nitrogens with one attached hydrogen (secondary N) is 1. The van der Waals surface area contributed by atoms with Crippen LogP contribution < -0.4 is 14.8 Å². The minimum absolute atomic E-state index is 0.0378. The molecule has 6 heteroatoms. The Morgan fingerprint density at radius 1 is 0.882 bits per heavy atom. The molecule has 4 aromatic rings. The van der Waals surface area contributed by atoms with Crippen LogP contribution in [-0.4, -0.2) is 35.7 Å². The molecule has 34 heavy (non-hydrogen) atoms. The number of imidazole rings is 1. The van der Waals surface area contributed by atoms with E-state index in [0.717, 1.165) is 60.6 Å². The molecule has 0 atom stereocenters. The van der Waals surface area contributed by atoms with E-state index in [1.165, 1.54) is 0 Å². The molecular formula is C28H31N3O3. The first-order valence-corrected chi connectivity index (χ1v) is 11.8. The maximum absolute atomic E-state index is 12.3. The number of fused-ring (bicyclic) bond motifs is 1. The van der Waals surface area contributed by atoms with Crippen molar-refractivity contribution in [3.05, 3.63) is 90.3 Å². The molecule has 0 aliphatic rings. The van der Waals surface area contributed by atoms with Gasteiger partial charge in [-0.15, -0.1) is 0 Å². The molecule has 0 saturated heterocycles. The van der Waals surface area contributed by atoms with Gasteiger partial charge >= 0.3 is 0 Å². The van der Waals surface area contributed by atoms with Gasteiger partial charge in [-0.3, -0.25) is 4.79 Å². The minimum Gasteiger partial charge on any atom is -0.493 e. The number of nitrogens with zero attached hydrogens (tertiary/aromatic N) is 2. The van der Waals surface area contributed by atoms with Crippen LogP contribution in [0.3, 0.4) is 0 Å². The number of rotatable bonds is 12. The Bertz CT molecular complexity index is 1200. The average molecular weight is 458 g/mol. The van der Waals surface area contributed by atoms with Crippen LogP contribution in [0.15, 0.2) is 78.9 Å². The number of unbranched alkanes of at least 4 members (excludes halogenated alkanes) is 1. The molecule has 0 bridgehead atoms. The first-order valence-electron chi connectivity index (χ1n) is 11.8. The van der Waals surface area contributed by atoms with E-state index in [4.69, 9.17) is 14.5 Å². The number of para-hydroxylation sites is 4. The van der Waals surface area contributed by atoms with Crippen molar-refractivity contribution in [2.24, 2.45) is 0 Å². The van der Waals surface area contributed by atoms with Crippen molar-refractivity contribution in [3.8, 4) is 11.5 Å². The van der Waals surface area contributed by atoms with Crippen molar-refractivity contribution < 1.29 is 14.3 Å². The molecule has 176 valence electrons. The fourth-order valence-electron chi connectivity index (χ4n) is 4.00. The van der Waals surface area contributed by atoms with Crippen LogP contribution in [0, 0.1) is 0 Å². The Labute approximate surface area is 200 Å². The van der Waals surface area contributed by atoms with Crippen LogP contribution in [0.1, 0.15) is 35.4 Å². The smallest absolute Gasteiger partial charge is 0.251 e. The Balaban J connectivity index is 1.29. The molecule has 1 amide bonds. The van der Waals surface area contributed by atoms with Crippen molar-refractivity contribution in [2.75, 3.05) is 20.3 Å². The number of carbonyl (C=O) groups excluding carboxylic acids is 1. The molecule has 1 aromatic heterocycles. The van der Waals surface area contributed by atoms with E-state index in [1.54, 1.807) is 7.11 Å². The third kappa shape index (κ3) is 5.95. The molecule has 0 unspecified atom stereocenters. The van der Waals surface area contributed by atoms with E-state index in [9.17, 15) is 4.79 Å². The summed E-state index contributed by atoms with van der Waals surface area (Å²) in [5.41, 5.74) is 2.85. The number of hydrogen-bond donors (Lipinski definition) is 1. The van der Waals surface area contributed by atoms with Gasteiger partial charge in [0, 0.05) is 25.1 Å². The normalized spacial score (nSPS) is 10.9. The second kappa shape index (κ2) is 11.9. The van der Waals surface area contributed by atoms with E-state index in [0.29, 0.717) is 18.7 Å².